The molecule has 1 atom stereocenters. The van der Waals surface area contributed by atoms with Crippen LogP contribution in [0.2, 0.25) is 0 Å². The zero-order valence-corrected chi connectivity index (χ0v) is 10.6. The number of hydrogen-bond donors (Lipinski definition) is 1. The molecule has 0 radical (unpaired) electrons. The second kappa shape index (κ2) is 4.10. The number of benzene rings is 1. The van der Waals surface area contributed by atoms with Gasteiger partial charge < -0.3 is 5.32 Å². The van der Waals surface area contributed by atoms with Crippen LogP contribution in [0.5, 0.6) is 0 Å². The Morgan fingerprint density at radius 3 is 2.88 bits per heavy atom. The first-order chi connectivity index (χ1) is 8.18. The molecule has 1 aromatic carbocycles. The molecule has 2 aliphatic rings. The maximum absolute atomic E-state index is 11.9. The van der Waals surface area contributed by atoms with Crippen LogP contribution >= 0.6 is 0 Å². The normalized spacial score (nSPS) is 26.7. The topological polar surface area (TPSA) is 46.2 Å². The Balaban J connectivity index is 2.05. The second-order valence-electron chi connectivity index (χ2n) is 4.90. The summed E-state index contributed by atoms with van der Waals surface area (Å²) in [5.41, 5.74) is 2.27. The van der Waals surface area contributed by atoms with Crippen molar-refractivity contribution in [2.45, 2.75) is 36.6 Å². The van der Waals surface area contributed by atoms with Gasteiger partial charge in [-0.3, -0.25) is 0 Å². The quantitative estimate of drug-likeness (QED) is 0.828. The van der Waals surface area contributed by atoms with Gasteiger partial charge >= 0.3 is 0 Å². The molecule has 0 spiro atoms. The lowest BCUT2D eigenvalue weighted by molar-refractivity contribution is 0.410. The van der Waals surface area contributed by atoms with Gasteiger partial charge in [-0.15, -0.1) is 0 Å². The molecule has 0 aromatic heterocycles. The predicted octanol–water partition coefficient (Wildman–Crippen LogP) is 1.83. The largest absolute Gasteiger partial charge is 0.310 e. The van der Waals surface area contributed by atoms with Crippen molar-refractivity contribution in [3.05, 3.63) is 29.3 Å². The standard InChI is InChI=1S/C13H17NO2S/c15-17(16)9-7-11-10(4-3-6-13(11)17)12-5-1-2-8-14-12/h3-4,6,12,14H,1-2,5,7-9H2. The van der Waals surface area contributed by atoms with Crippen molar-refractivity contribution >= 4 is 9.84 Å². The summed E-state index contributed by atoms with van der Waals surface area (Å²) in [5.74, 6) is 0.284. The fraction of sp³-hybridized carbons (Fsp3) is 0.538. The third-order valence-corrected chi connectivity index (χ3v) is 5.61. The minimum Gasteiger partial charge on any atom is -0.310 e. The van der Waals surface area contributed by atoms with E-state index in [-0.39, 0.29) is 5.75 Å². The lowest BCUT2D eigenvalue weighted by atomic mass is 9.93. The van der Waals surface area contributed by atoms with E-state index in [9.17, 15) is 8.42 Å². The molecule has 0 aliphatic carbocycles. The molecule has 0 bridgehead atoms. The Morgan fingerprint density at radius 1 is 1.24 bits per heavy atom. The minimum atomic E-state index is -2.99. The molecule has 0 amide bonds. The highest BCUT2D eigenvalue weighted by Gasteiger charge is 2.30. The Hall–Kier alpha value is -0.870. The molecule has 0 saturated carbocycles. The third-order valence-electron chi connectivity index (χ3n) is 3.81. The Morgan fingerprint density at radius 2 is 2.12 bits per heavy atom. The van der Waals surface area contributed by atoms with Gasteiger partial charge in [-0.2, -0.15) is 0 Å². The first-order valence-electron chi connectivity index (χ1n) is 6.26. The molecule has 1 fully saturated rings. The van der Waals surface area contributed by atoms with Crippen LogP contribution in [0.15, 0.2) is 23.1 Å². The van der Waals surface area contributed by atoms with Crippen molar-refractivity contribution < 1.29 is 8.42 Å². The van der Waals surface area contributed by atoms with Gasteiger partial charge in [0.05, 0.1) is 10.6 Å². The first kappa shape index (κ1) is 11.2. The summed E-state index contributed by atoms with van der Waals surface area (Å²) in [6.07, 6.45) is 4.26. The van der Waals surface area contributed by atoms with Crippen molar-refractivity contribution in [2.24, 2.45) is 0 Å². The van der Waals surface area contributed by atoms with Gasteiger partial charge in [0.1, 0.15) is 0 Å². The van der Waals surface area contributed by atoms with Gasteiger partial charge in [0.15, 0.2) is 9.84 Å². The van der Waals surface area contributed by atoms with Gasteiger partial charge in [-0.05, 0) is 43.0 Å². The van der Waals surface area contributed by atoms with Crippen molar-refractivity contribution in [2.75, 3.05) is 12.3 Å². The van der Waals surface area contributed by atoms with Crippen molar-refractivity contribution in [3.8, 4) is 0 Å². The molecule has 1 aromatic rings. The van der Waals surface area contributed by atoms with E-state index >= 15 is 0 Å². The SMILES string of the molecule is O=S1(=O)CCc2c(C3CCCCN3)cccc21. The van der Waals surface area contributed by atoms with E-state index < -0.39 is 9.84 Å². The number of nitrogens with one attached hydrogen (secondary N) is 1. The number of fused-ring (bicyclic) bond motifs is 1. The first-order valence-corrected chi connectivity index (χ1v) is 7.92. The van der Waals surface area contributed by atoms with Gasteiger partial charge in [-0.1, -0.05) is 18.6 Å². The molecule has 2 heterocycles. The van der Waals surface area contributed by atoms with Crippen molar-refractivity contribution in [1.29, 1.82) is 0 Å². The fourth-order valence-corrected chi connectivity index (χ4v) is 4.51. The summed E-state index contributed by atoms with van der Waals surface area (Å²) in [6.45, 7) is 1.04. The third kappa shape index (κ3) is 1.89. The highest BCUT2D eigenvalue weighted by Crippen LogP contribution is 2.34. The molecule has 17 heavy (non-hydrogen) atoms. The lowest BCUT2D eigenvalue weighted by Crippen LogP contribution is -2.27. The molecular weight excluding hydrogens is 234 g/mol. The Bertz CT molecular complexity index is 530. The summed E-state index contributed by atoms with van der Waals surface area (Å²) < 4.78 is 23.7. The average Bonchev–Trinajstić information content (AvgIpc) is 2.67. The van der Waals surface area contributed by atoms with E-state index in [1.165, 1.54) is 18.4 Å². The minimum absolute atomic E-state index is 0.284. The molecule has 3 rings (SSSR count). The smallest absolute Gasteiger partial charge is 0.178 e. The highest BCUT2D eigenvalue weighted by molar-refractivity contribution is 7.91. The predicted molar refractivity (Wildman–Crippen MR) is 66.8 cm³/mol. The van der Waals surface area contributed by atoms with Crippen LogP contribution in [0.1, 0.15) is 36.4 Å². The average molecular weight is 251 g/mol. The monoisotopic (exact) mass is 251 g/mol. The van der Waals surface area contributed by atoms with Crippen LogP contribution < -0.4 is 5.32 Å². The van der Waals surface area contributed by atoms with E-state index in [1.807, 2.05) is 6.07 Å². The molecule has 4 heteroatoms. The van der Waals surface area contributed by atoms with Crippen LogP contribution in [0.4, 0.5) is 0 Å². The van der Waals surface area contributed by atoms with E-state index in [0.717, 1.165) is 18.5 Å². The van der Waals surface area contributed by atoms with Crippen LogP contribution in [-0.4, -0.2) is 20.7 Å². The van der Waals surface area contributed by atoms with E-state index in [4.69, 9.17) is 0 Å². The summed E-state index contributed by atoms with van der Waals surface area (Å²) >= 11 is 0. The van der Waals surface area contributed by atoms with Gasteiger partial charge in [0.2, 0.25) is 0 Å². The van der Waals surface area contributed by atoms with Crippen LogP contribution in [0.25, 0.3) is 0 Å². The fourth-order valence-electron chi connectivity index (χ4n) is 2.93. The van der Waals surface area contributed by atoms with Gasteiger partial charge in [0, 0.05) is 6.04 Å². The molecule has 92 valence electrons. The second-order valence-corrected chi connectivity index (χ2v) is 6.97. The molecule has 1 saturated heterocycles. The molecule has 1 unspecified atom stereocenters. The highest BCUT2D eigenvalue weighted by atomic mass is 32.2. The summed E-state index contributed by atoms with van der Waals surface area (Å²) in [6, 6.07) is 6.08. The Labute approximate surface area is 102 Å². The molecule has 2 aliphatic heterocycles. The van der Waals surface area contributed by atoms with Crippen molar-refractivity contribution in [3.63, 3.8) is 0 Å². The number of piperidine rings is 1. The van der Waals surface area contributed by atoms with Gasteiger partial charge in [0.25, 0.3) is 0 Å². The van der Waals surface area contributed by atoms with E-state index in [0.29, 0.717) is 17.4 Å². The van der Waals surface area contributed by atoms with Crippen LogP contribution in [-0.2, 0) is 16.3 Å². The van der Waals surface area contributed by atoms with Gasteiger partial charge in [-0.25, -0.2) is 8.42 Å². The summed E-state index contributed by atoms with van der Waals surface area (Å²) in [7, 11) is -2.99. The van der Waals surface area contributed by atoms with E-state index in [2.05, 4.69) is 11.4 Å². The molecular formula is C13H17NO2S. The maximum atomic E-state index is 11.9. The Kier molecular flexibility index (Phi) is 2.71. The van der Waals surface area contributed by atoms with Crippen LogP contribution in [0, 0.1) is 0 Å². The summed E-state index contributed by atoms with van der Waals surface area (Å²) in [5, 5.41) is 3.50. The summed E-state index contributed by atoms with van der Waals surface area (Å²) in [4.78, 5) is 0.572. The van der Waals surface area contributed by atoms with Crippen LogP contribution in [0.3, 0.4) is 0 Å². The van der Waals surface area contributed by atoms with E-state index in [1.54, 1.807) is 6.07 Å². The molecule has 3 nitrogen and oxygen atoms in total. The zero-order valence-electron chi connectivity index (χ0n) is 9.78. The number of sulfone groups is 1. The van der Waals surface area contributed by atoms with Crippen molar-refractivity contribution in [1.82, 2.24) is 5.32 Å². The maximum Gasteiger partial charge on any atom is 0.178 e. The molecule has 1 N–H and O–H groups in total. The number of hydrogen-bond acceptors (Lipinski definition) is 3. The zero-order chi connectivity index (χ0) is 11.9. The number of rotatable bonds is 1. The lowest BCUT2D eigenvalue weighted by Gasteiger charge is -2.25.